The lowest BCUT2D eigenvalue weighted by atomic mass is 9.97. The van der Waals surface area contributed by atoms with E-state index in [2.05, 4.69) is 42.8 Å². The molecule has 1 aliphatic rings. The maximum Gasteiger partial charge on any atom is 0.216 e. The van der Waals surface area contributed by atoms with Gasteiger partial charge in [-0.1, -0.05) is 6.07 Å². The third kappa shape index (κ3) is 1.91. The maximum absolute atomic E-state index is 4.45. The minimum absolute atomic E-state index is 0.532. The van der Waals surface area contributed by atoms with Gasteiger partial charge >= 0.3 is 0 Å². The quantitative estimate of drug-likeness (QED) is 0.789. The Bertz CT molecular complexity index is 677. The van der Waals surface area contributed by atoms with Crippen molar-refractivity contribution in [3.63, 3.8) is 0 Å². The Labute approximate surface area is 119 Å². The lowest BCUT2D eigenvalue weighted by Crippen LogP contribution is -2.27. The van der Waals surface area contributed by atoms with E-state index in [1.165, 1.54) is 10.6 Å². The summed E-state index contributed by atoms with van der Waals surface area (Å²) < 4.78 is 2.26. The number of rotatable bonds is 2. The van der Waals surface area contributed by atoms with Crippen molar-refractivity contribution in [3.05, 3.63) is 28.7 Å². The average Bonchev–Trinajstić information content (AvgIpc) is 3.16. The zero-order valence-electron chi connectivity index (χ0n) is 10.4. The Morgan fingerprint density at radius 2 is 2.11 bits per heavy atom. The lowest BCUT2D eigenvalue weighted by molar-refractivity contribution is 0.443. The molecule has 0 bridgehead atoms. The summed E-state index contributed by atoms with van der Waals surface area (Å²) in [7, 11) is 0. The van der Waals surface area contributed by atoms with Gasteiger partial charge in [0.05, 0.1) is 10.6 Å². The number of aromatic nitrogens is 3. The Morgan fingerprint density at radius 3 is 2.89 bits per heavy atom. The molecule has 3 aromatic heterocycles. The van der Waals surface area contributed by atoms with E-state index in [0.717, 1.165) is 36.7 Å². The van der Waals surface area contributed by atoms with E-state index < -0.39 is 0 Å². The van der Waals surface area contributed by atoms with Crippen LogP contribution < -0.4 is 5.32 Å². The monoisotopic (exact) mass is 290 g/mol. The van der Waals surface area contributed by atoms with Gasteiger partial charge < -0.3 is 5.32 Å². The SMILES string of the molecule is c1csc(-c2csc3nnc(C4CCNCC4)n23)c1. The van der Waals surface area contributed by atoms with Crippen molar-refractivity contribution < 1.29 is 0 Å². The second-order valence-electron chi connectivity index (χ2n) is 4.80. The number of fused-ring (bicyclic) bond motifs is 1. The fourth-order valence-electron chi connectivity index (χ4n) is 2.68. The van der Waals surface area contributed by atoms with Crippen molar-refractivity contribution in [2.45, 2.75) is 18.8 Å². The summed E-state index contributed by atoms with van der Waals surface area (Å²) >= 11 is 3.45. The molecule has 4 rings (SSSR count). The van der Waals surface area contributed by atoms with Crippen LogP contribution in [0, 0.1) is 0 Å². The Balaban J connectivity index is 1.85. The van der Waals surface area contributed by atoms with Crippen LogP contribution in [0.2, 0.25) is 0 Å². The molecule has 1 aliphatic heterocycles. The average molecular weight is 290 g/mol. The number of piperidine rings is 1. The van der Waals surface area contributed by atoms with Crippen LogP contribution in [0.25, 0.3) is 15.5 Å². The zero-order chi connectivity index (χ0) is 12.7. The first-order chi connectivity index (χ1) is 9.43. The number of thiophene rings is 1. The lowest BCUT2D eigenvalue weighted by Gasteiger charge is -2.21. The van der Waals surface area contributed by atoms with E-state index in [4.69, 9.17) is 0 Å². The third-order valence-corrected chi connectivity index (χ3v) is 5.36. The highest BCUT2D eigenvalue weighted by atomic mass is 32.1. The number of hydrogen-bond acceptors (Lipinski definition) is 5. The third-order valence-electron chi connectivity index (χ3n) is 3.65. The molecule has 98 valence electrons. The van der Waals surface area contributed by atoms with Gasteiger partial charge in [-0.3, -0.25) is 4.40 Å². The second kappa shape index (κ2) is 4.70. The first kappa shape index (κ1) is 11.6. The van der Waals surface area contributed by atoms with Crippen LogP contribution in [0.4, 0.5) is 0 Å². The summed E-state index contributed by atoms with van der Waals surface area (Å²) in [6.07, 6.45) is 2.31. The zero-order valence-corrected chi connectivity index (χ0v) is 12.0. The molecule has 1 saturated heterocycles. The van der Waals surface area contributed by atoms with Crippen LogP contribution in [0.3, 0.4) is 0 Å². The van der Waals surface area contributed by atoms with Gasteiger partial charge in [-0.2, -0.15) is 0 Å². The molecular weight excluding hydrogens is 276 g/mol. The molecule has 6 heteroatoms. The van der Waals surface area contributed by atoms with Crippen molar-refractivity contribution in [1.29, 1.82) is 0 Å². The van der Waals surface area contributed by atoms with Crippen LogP contribution in [0.1, 0.15) is 24.6 Å². The molecule has 0 spiro atoms. The second-order valence-corrected chi connectivity index (χ2v) is 6.58. The van der Waals surface area contributed by atoms with Gasteiger partial charge in [-0.15, -0.1) is 32.9 Å². The Morgan fingerprint density at radius 1 is 1.21 bits per heavy atom. The largest absolute Gasteiger partial charge is 0.317 e. The first-order valence-electron chi connectivity index (χ1n) is 6.50. The van der Waals surface area contributed by atoms with Crippen molar-refractivity contribution in [2.24, 2.45) is 0 Å². The van der Waals surface area contributed by atoms with Crippen molar-refractivity contribution in [2.75, 3.05) is 13.1 Å². The Kier molecular flexibility index (Phi) is 2.86. The summed E-state index contributed by atoms with van der Waals surface area (Å²) in [6, 6.07) is 4.26. The van der Waals surface area contributed by atoms with Crippen LogP contribution >= 0.6 is 22.7 Å². The van der Waals surface area contributed by atoms with Crippen LogP contribution in [-0.4, -0.2) is 27.7 Å². The summed E-state index contributed by atoms with van der Waals surface area (Å²) in [5.41, 5.74) is 1.24. The molecule has 3 aromatic rings. The molecule has 0 amide bonds. The van der Waals surface area contributed by atoms with Crippen molar-refractivity contribution in [3.8, 4) is 10.6 Å². The molecule has 0 aromatic carbocycles. The predicted molar refractivity (Wildman–Crippen MR) is 79.0 cm³/mol. The van der Waals surface area contributed by atoms with Gasteiger partial charge in [0, 0.05) is 11.3 Å². The number of thiazole rings is 1. The molecule has 0 unspecified atom stereocenters. The van der Waals surface area contributed by atoms with Gasteiger partial charge in [0.25, 0.3) is 0 Å². The van der Waals surface area contributed by atoms with Crippen molar-refractivity contribution >= 4 is 27.6 Å². The molecule has 0 saturated carbocycles. The molecule has 0 radical (unpaired) electrons. The summed E-state index contributed by atoms with van der Waals surface area (Å²) in [4.78, 5) is 2.30. The minimum atomic E-state index is 0.532. The van der Waals surface area contributed by atoms with E-state index in [1.54, 1.807) is 22.7 Å². The standard InChI is InChI=1S/C13H14N4S2/c1-2-11(18-7-1)10-8-19-13-16-15-12(17(10)13)9-3-5-14-6-4-9/h1-2,7-9,14H,3-6H2. The Hall–Kier alpha value is -1.24. The minimum Gasteiger partial charge on any atom is -0.317 e. The number of hydrogen-bond donors (Lipinski definition) is 1. The normalized spacial score (nSPS) is 17.3. The maximum atomic E-state index is 4.45. The fraction of sp³-hybridized carbons (Fsp3) is 0.385. The van der Waals surface area contributed by atoms with Gasteiger partial charge in [-0.05, 0) is 37.4 Å². The van der Waals surface area contributed by atoms with E-state index in [9.17, 15) is 0 Å². The molecule has 0 atom stereocenters. The molecule has 4 heterocycles. The molecule has 0 aliphatic carbocycles. The molecule has 4 nitrogen and oxygen atoms in total. The van der Waals surface area contributed by atoms with Crippen LogP contribution in [0.5, 0.6) is 0 Å². The van der Waals surface area contributed by atoms with Crippen LogP contribution in [-0.2, 0) is 0 Å². The van der Waals surface area contributed by atoms with Crippen molar-refractivity contribution in [1.82, 2.24) is 19.9 Å². The summed E-state index contributed by atoms with van der Waals surface area (Å²) in [6.45, 7) is 2.16. The smallest absolute Gasteiger partial charge is 0.216 e. The number of nitrogens with one attached hydrogen (secondary N) is 1. The predicted octanol–water partition coefficient (Wildman–Crippen LogP) is 2.99. The highest BCUT2D eigenvalue weighted by Crippen LogP contribution is 2.33. The number of nitrogens with zero attached hydrogens (tertiary/aromatic N) is 3. The highest BCUT2D eigenvalue weighted by Gasteiger charge is 2.23. The molecule has 19 heavy (non-hydrogen) atoms. The first-order valence-corrected chi connectivity index (χ1v) is 8.26. The topological polar surface area (TPSA) is 42.2 Å². The molecular formula is C13H14N4S2. The van der Waals surface area contributed by atoms with Gasteiger partial charge in [0.15, 0.2) is 0 Å². The van der Waals surface area contributed by atoms with Gasteiger partial charge in [0.2, 0.25) is 4.96 Å². The van der Waals surface area contributed by atoms with E-state index in [1.807, 2.05) is 0 Å². The van der Waals surface area contributed by atoms with Crippen LogP contribution in [0.15, 0.2) is 22.9 Å². The van der Waals surface area contributed by atoms with E-state index in [-0.39, 0.29) is 0 Å². The van der Waals surface area contributed by atoms with Gasteiger partial charge in [-0.25, -0.2) is 0 Å². The summed E-state index contributed by atoms with van der Waals surface area (Å²) in [5.74, 6) is 1.67. The van der Waals surface area contributed by atoms with Gasteiger partial charge in [0.1, 0.15) is 5.82 Å². The highest BCUT2D eigenvalue weighted by molar-refractivity contribution is 7.16. The van der Waals surface area contributed by atoms with E-state index in [0.29, 0.717) is 5.92 Å². The fourth-order valence-corrected chi connectivity index (χ4v) is 4.32. The summed E-state index contributed by atoms with van der Waals surface area (Å²) in [5, 5.41) is 16.5. The van der Waals surface area contributed by atoms with E-state index >= 15 is 0 Å². The molecule has 1 N–H and O–H groups in total. The molecule has 1 fully saturated rings.